The molecule has 0 saturated heterocycles. The van der Waals surface area contributed by atoms with Crippen molar-refractivity contribution in [3.05, 3.63) is 30.0 Å². The molecule has 0 aliphatic carbocycles. The van der Waals surface area contributed by atoms with E-state index in [2.05, 4.69) is 24.8 Å². The van der Waals surface area contributed by atoms with Crippen LogP contribution in [0.15, 0.2) is 30.0 Å². The van der Waals surface area contributed by atoms with Gasteiger partial charge in [0.05, 0.1) is 13.2 Å². The van der Waals surface area contributed by atoms with Crippen LogP contribution in [0.4, 0.5) is 0 Å². The molecule has 22 heavy (non-hydrogen) atoms. The maximum absolute atomic E-state index is 10.3. The molecule has 0 atom stereocenters. The van der Waals surface area contributed by atoms with Gasteiger partial charge in [0.15, 0.2) is 0 Å². The summed E-state index contributed by atoms with van der Waals surface area (Å²) in [6.45, 7) is 3.51. The van der Waals surface area contributed by atoms with Crippen LogP contribution in [0.1, 0.15) is 71.1 Å². The molecule has 0 aromatic heterocycles. The summed E-state index contributed by atoms with van der Waals surface area (Å²) in [4.78, 5) is 10.3. The minimum atomic E-state index is -0.776. The number of carbonyl (C=O) groups is 1. The van der Waals surface area contributed by atoms with Gasteiger partial charge in [-0.1, -0.05) is 51.2 Å². The SMILES string of the molecule is CCCCCCCC/C=C\CCOCC=C=CCCC(=O)O. The first-order valence-electron chi connectivity index (χ1n) is 8.61. The maximum atomic E-state index is 10.3. The Morgan fingerprint density at radius 3 is 2.50 bits per heavy atom. The van der Waals surface area contributed by atoms with E-state index in [0.29, 0.717) is 13.0 Å². The molecule has 3 nitrogen and oxygen atoms in total. The molecular formula is C19H32O3. The summed E-state index contributed by atoms with van der Waals surface area (Å²) in [7, 11) is 0. The minimum absolute atomic E-state index is 0.158. The van der Waals surface area contributed by atoms with Gasteiger partial charge in [-0.3, -0.25) is 4.79 Å². The quantitative estimate of drug-likeness (QED) is 0.254. The minimum Gasteiger partial charge on any atom is -0.481 e. The van der Waals surface area contributed by atoms with Crippen molar-refractivity contribution in [3.8, 4) is 0 Å². The molecule has 0 saturated carbocycles. The first-order chi connectivity index (χ1) is 10.8. The van der Waals surface area contributed by atoms with Crippen molar-refractivity contribution in [2.75, 3.05) is 13.2 Å². The average molecular weight is 308 g/mol. The van der Waals surface area contributed by atoms with Crippen molar-refractivity contribution in [3.63, 3.8) is 0 Å². The van der Waals surface area contributed by atoms with Crippen molar-refractivity contribution in [1.82, 2.24) is 0 Å². The Morgan fingerprint density at radius 1 is 1.00 bits per heavy atom. The van der Waals surface area contributed by atoms with Crippen LogP contribution >= 0.6 is 0 Å². The second-order valence-corrected chi connectivity index (χ2v) is 5.40. The average Bonchev–Trinajstić information content (AvgIpc) is 2.50. The second-order valence-electron chi connectivity index (χ2n) is 5.40. The van der Waals surface area contributed by atoms with E-state index >= 15 is 0 Å². The third kappa shape index (κ3) is 18.7. The van der Waals surface area contributed by atoms with Crippen molar-refractivity contribution < 1.29 is 14.6 Å². The number of carboxylic acids is 1. The van der Waals surface area contributed by atoms with Crippen LogP contribution in [0, 0.1) is 0 Å². The number of hydrogen-bond donors (Lipinski definition) is 1. The highest BCUT2D eigenvalue weighted by molar-refractivity contribution is 5.66. The summed E-state index contributed by atoms with van der Waals surface area (Å²) >= 11 is 0. The standard InChI is InChI=1S/C19H32O3/c1-2-3-4-5-6-7-8-9-11-14-17-22-18-15-12-10-13-16-19(20)21/h9-11,15H,2-8,13-14,16-18H2,1H3,(H,20,21)/b11-9-. The molecule has 0 aliphatic rings. The Morgan fingerprint density at radius 2 is 1.73 bits per heavy atom. The summed E-state index contributed by atoms with van der Waals surface area (Å²) in [6.07, 6.45) is 18.9. The molecule has 0 unspecified atom stereocenters. The highest BCUT2D eigenvalue weighted by atomic mass is 16.5. The van der Waals surface area contributed by atoms with E-state index in [1.54, 1.807) is 12.2 Å². The highest BCUT2D eigenvalue weighted by Crippen LogP contribution is 2.07. The fraction of sp³-hybridized carbons (Fsp3) is 0.684. The van der Waals surface area contributed by atoms with Crippen molar-refractivity contribution in [2.24, 2.45) is 0 Å². The fourth-order valence-corrected chi connectivity index (χ4v) is 1.98. The Balaban J connectivity index is 3.26. The van der Waals surface area contributed by atoms with Gasteiger partial charge in [0.1, 0.15) is 0 Å². The van der Waals surface area contributed by atoms with E-state index in [-0.39, 0.29) is 6.42 Å². The monoisotopic (exact) mass is 308 g/mol. The Bertz CT molecular complexity index is 339. The van der Waals surface area contributed by atoms with Crippen molar-refractivity contribution in [1.29, 1.82) is 0 Å². The number of hydrogen-bond acceptors (Lipinski definition) is 2. The molecule has 0 fully saturated rings. The van der Waals surface area contributed by atoms with E-state index in [4.69, 9.17) is 9.84 Å². The lowest BCUT2D eigenvalue weighted by Gasteiger charge is -1.98. The van der Waals surface area contributed by atoms with Crippen LogP contribution in [0.3, 0.4) is 0 Å². The normalized spacial score (nSPS) is 10.6. The van der Waals surface area contributed by atoms with Gasteiger partial charge >= 0.3 is 5.97 Å². The van der Waals surface area contributed by atoms with E-state index in [9.17, 15) is 4.79 Å². The summed E-state index contributed by atoms with van der Waals surface area (Å²) < 4.78 is 5.43. The number of unbranched alkanes of at least 4 members (excludes halogenated alkanes) is 6. The molecule has 0 rings (SSSR count). The Labute approximate surface area is 135 Å². The van der Waals surface area contributed by atoms with Gasteiger partial charge in [0.2, 0.25) is 0 Å². The third-order valence-electron chi connectivity index (χ3n) is 3.26. The molecule has 1 N–H and O–H groups in total. The highest BCUT2D eigenvalue weighted by Gasteiger charge is 1.90. The van der Waals surface area contributed by atoms with Crippen LogP contribution in [-0.2, 0) is 9.53 Å². The maximum Gasteiger partial charge on any atom is 0.303 e. The molecule has 0 radical (unpaired) electrons. The Kier molecular flexibility index (Phi) is 16.7. The molecule has 0 heterocycles. The molecule has 0 aromatic carbocycles. The van der Waals surface area contributed by atoms with Crippen LogP contribution in [0.25, 0.3) is 0 Å². The molecule has 126 valence electrons. The van der Waals surface area contributed by atoms with Gasteiger partial charge < -0.3 is 9.84 Å². The molecule has 0 aliphatic heterocycles. The number of aliphatic carboxylic acids is 1. The smallest absolute Gasteiger partial charge is 0.303 e. The summed E-state index contributed by atoms with van der Waals surface area (Å²) in [5, 5.41) is 8.45. The molecule has 3 heteroatoms. The zero-order valence-corrected chi connectivity index (χ0v) is 14.1. The largest absolute Gasteiger partial charge is 0.481 e. The molecule has 0 bridgehead atoms. The molecule has 0 amide bonds. The predicted octanol–water partition coefficient (Wildman–Crippen LogP) is 5.28. The first kappa shape index (κ1) is 20.7. The lowest BCUT2D eigenvalue weighted by atomic mass is 10.1. The van der Waals surface area contributed by atoms with Crippen molar-refractivity contribution in [2.45, 2.75) is 71.1 Å². The van der Waals surface area contributed by atoms with Gasteiger partial charge in [-0.2, -0.15) is 0 Å². The summed E-state index contributed by atoms with van der Waals surface area (Å²) in [6, 6.07) is 0. The zero-order chi connectivity index (χ0) is 16.3. The molecule has 0 spiro atoms. The topological polar surface area (TPSA) is 46.5 Å². The van der Waals surface area contributed by atoms with Gasteiger partial charge in [-0.05, 0) is 37.8 Å². The van der Waals surface area contributed by atoms with Crippen LogP contribution < -0.4 is 0 Å². The van der Waals surface area contributed by atoms with Crippen LogP contribution in [0.5, 0.6) is 0 Å². The first-order valence-corrected chi connectivity index (χ1v) is 8.61. The fourth-order valence-electron chi connectivity index (χ4n) is 1.98. The van der Waals surface area contributed by atoms with Crippen LogP contribution in [0.2, 0.25) is 0 Å². The van der Waals surface area contributed by atoms with Crippen molar-refractivity contribution >= 4 is 5.97 Å². The van der Waals surface area contributed by atoms with E-state index < -0.39 is 5.97 Å². The van der Waals surface area contributed by atoms with E-state index in [1.807, 2.05) is 0 Å². The number of ether oxygens (including phenoxy) is 1. The molecular weight excluding hydrogens is 276 g/mol. The van der Waals surface area contributed by atoms with Gasteiger partial charge in [0.25, 0.3) is 0 Å². The lowest BCUT2D eigenvalue weighted by molar-refractivity contribution is -0.136. The van der Waals surface area contributed by atoms with Gasteiger partial charge in [-0.25, -0.2) is 0 Å². The van der Waals surface area contributed by atoms with E-state index in [1.165, 1.54) is 44.9 Å². The molecule has 0 aromatic rings. The number of rotatable bonds is 15. The summed E-state index contributed by atoms with van der Waals surface area (Å²) in [5.74, 6) is -0.776. The predicted molar refractivity (Wildman–Crippen MR) is 92.1 cm³/mol. The van der Waals surface area contributed by atoms with Gasteiger partial charge in [-0.15, -0.1) is 5.73 Å². The lowest BCUT2D eigenvalue weighted by Crippen LogP contribution is -1.92. The number of carboxylic acid groups (broad SMARTS) is 1. The zero-order valence-electron chi connectivity index (χ0n) is 14.1. The van der Waals surface area contributed by atoms with E-state index in [0.717, 1.165) is 13.0 Å². The third-order valence-corrected chi connectivity index (χ3v) is 3.26. The second kappa shape index (κ2) is 17.7. The Hall–Kier alpha value is -1.31. The number of allylic oxidation sites excluding steroid dienone is 1. The van der Waals surface area contributed by atoms with Gasteiger partial charge in [0, 0.05) is 6.42 Å². The van der Waals surface area contributed by atoms with Crippen LogP contribution in [-0.4, -0.2) is 24.3 Å². The summed E-state index contributed by atoms with van der Waals surface area (Å²) in [5.41, 5.74) is 2.92.